The van der Waals surface area contributed by atoms with Crippen LogP contribution in [-0.2, 0) is 9.53 Å². The molecule has 0 bridgehead atoms. The number of nitrogens with two attached hydrogens (primary N) is 1. The van der Waals surface area contributed by atoms with Crippen molar-refractivity contribution in [3.8, 4) is 0 Å². The summed E-state index contributed by atoms with van der Waals surface area (Å²) in [6, 6.07) is 7.17. The van der Waals surface area contributed by atoms with Crippen LogP contribution in [-0.4, -0.2) is 52.6 Å². The van der Waals surface area contributed by atoms with E-state index in [2.05, 4.69) is 61.6 Å². The maximum atomic E-state index is 11.3. The molecule has 206 valence electrons. The van der Waals surface area contributed by atoms with Gasteiger partial charge in [0.25, 0.3) is 0 Å². The highest BCUT2D eigenvalue weighted by atomic mass is 32.1. The molecular weight excluding hydrogens is 508 g/mol. The summed E-state index contributed by atoms with van der Waals surface area (Å²) < 4.78 is 5.96. The van der Waals surface area contributed by atoms with Crippen molar-refractivity contribution in [1.82, 2.24) is 10.6 Å². The van der Waals surface area contributed by atoms with Crippen molar-refractivity contribution in [3.05, 3.63) is 29.8 Å². The first-order valence-corrected chi connectivity index (χ1v) is 12.8. The minimum atomic E-state index is -0.749. The number of nitrogens with one attached hydrogen (secondary N) is 3. The number of nitrogens with zero attached hydrogens (tertiary/aromatic N) is 4. The van der Waals surface area contributed by atoms with Crippen LogP contribution in [0.25, 0.3) is 0 Å². The monoisotopic (exact) mass is 550 g/mol. The Morgan fingerprint density at radius 1 is 0.946 bits per heavy atom. The van der Waals surface area contributed by atoms with Crippen LogP contribution in [0, 0.1) is 5.41 Å². The van der Waals surface area contributed by atoms with Gasteiger partial charge < -0.3 is 26.4 Å². The van der Waals surface area contributed by atoms with Gasteiger partial charge in [0, 0.05) is 36.2 Å². The first-order chi connectivity index (χ1) is 17.0. The van der Waals surface area contributed by atoms with Crippen LogP contribution in [0.15, 0.2) is 44.7 Å². The number of anilines is 1. The fourth-order valence-corrected chi connectivity index (χ4v) is 3.09. The standard InChI is InChI=1S/C25H42N8O2S2/c1-16(20(31-32-21(36)27-9)18-10-12-19(13-11-18)28-17(2)34)30-33-22(37)29-24(6,7)14-15-35-25(8,26)23(3,4)5/h10-13H,14-15,26H2,1-9H3,(H,28,34)(H2,27,32,36)(H2,29,33,37)/b30-16+,31-20-. The maximum absolute atomic E-state index is 11.3. The van der Waals surface area contributed by atoms with E-state index in [1.54, 1.807) is 26.1 Å². The van der Waals surface area contributed by atoms with Crippen molar-refractivity contribution < 1.29 is 9.53 Å². The normalized spacial score (nSPS) is 15.8. The zero-order valence-corrected chi connectivity index (χ0v) is 25.1. The molecule has 1 unspecified atom stereocenters. The molecule has 1 amide bonds. The quantitative estimate of drug-likeness (QED) is 0.0859. The van der Waals surface area contributed by atoms with Gasteiger partial charge in [-0.25, -0.2) is 0 Å². The number of amides is 1. The van der Waals surface area contributed by atoms with Crippen LogP contribution in [0.1, 0.15) is 67.4 Å². The minimum Gasteiger partial charge on any atom is -0.366 e. The van der Waals surface area contributed by atoms with Gasteiger partial charge in [-0.1, -0.05) is 32.9 Å². The fraction of sp³-hybridized carbons (Fsp3) is 0.560. The molecule has 1 aromatic carbocycles. The van der Waals surface area contributed by atoms with Gasteiger partial charge in [0.05, 0.1) is 12.3 Å². The molecule has 0 radical (unpaired) electrons. The van der Waals surface area contributed by atoms with Crippen molar-refractivity contribution in [3.63, 3.8) is 0 Å². The van der Waals surface area contributed by atoms with Gasteiger partial charge in [0.15, 0.2) is 10.3 Å². The topological polar surface area (TPSA) is 138 Å². The summed E-state index contributed by atoms with van der Waals surface area (Å²) in [6.07, 6.45) is 0.676. The average molecular weight is 551 g/mol. The van der Waals surface area contributed by atoms with Gasteiger partial charge in [0.2, 0.25) is 5.91 Å². The molecule has 0 heterocycles. The second kappa shape index (κ2) is 13.9. The largest absolute Gasteiger partial charge is 0.366 e. The number of amidine groups is 2. The lowest BCUT2D eigenvalue weighted by molar-refractivity contribution is -0.114. The molecule has 10 nitrogen and oxygen atoms in total. The van der Waals surface area contributed by atoms with E-state index >= 15 is 0 Å². The van der Waals surface area contributed by atoms with Crippen LogP contribution < -0.4 is 21.7 Å². The van der Waals surface area contributed by atoms with E-state index in [1.807, 2.05) is 53.7 Å². The lowest BCUT2D eigenvalue weighted by Crippen LogP contribution is -2.52. The molecule has 0 fully saturated rings. The Labute approximate surface area is 231 Å². The Hall–Kier alpha value is -2.41. The van der Waals surface area contributed by atoms with Crippen LogP contribution in [0.2, 0.25) is 0 Å². The zero-order valence-electron chi connectivity index (χ0n) is 23.3. The molecule has 37 heavy (non-hydrogen) atoms. The molecule has 1 rings (SSSR count). The number of benzene rings is 1. The minimum absolute atomic E-state index is 0.151. The molecule has 0 spiro atoms. The molecule has 12 heteroatoms. The van der Waals surface area contributed by atoms with Gasteiger partial charge in [-0.05, 0) is 46.2 Å². The molecular formula is C25H42N8O2S2. The van der Waals surface area contributed by atoms with E-state index in [1.165, 1.54) is 6.92 Å². The Bertz CT molecular complexity index is 1040. The first kappa shape index (κ1) is 32.6. The predicted molar refractivity (Wildman–Crippen MR) is 162 cm³/mol. The van der Waals surface area contributed by atoms with E-state index in [4.69, 9.17) is 10.5 Å². The second-order valence-electron chi connectivity index (χ2n) is 10.5. The van der Waals surface area contributed by atoms with Crippen molar-refractivity contribution >= 4 is 58.6 Å². The van der Waals surface area contributed by atoms with E-state index in [9.17, 15) is 4.79 Å². The summed E-state index contributed by atoms with van der Waals surface area (Å²) in [5.74, 6) is -0.151. The lowest BCUT2D eigenvalue weighted by Gasteiger charge is -2.39. The number of carbonyl (C=O) groups excluding carboxylic acids is 1. The summed E-state index contributed by atoms with van der Waals surface area (Å²) in [7, 11) is 1.69. The third kappa shape index (κ3) is 11.7. The smallest absolute Gasteiger partial charge is 0.221 e. The first-order valence-electron chi connectivity index (χ1n) is 11.9. The number of hydrogen-bond acceptors (Lipinski definition) is 7. The van der Waals surface area contributed by atoms with Gasteiger partial charge in [0.1, 0.15) is 11.4 Å². The van der Waals surface area contributed by atoms with Crippen LogP contribution in [0.5, 0.6) is 0 Å². The average Bonchev–Trinajstić information content (AvgIpc) is 2.76. The molecule has 0 saturated heterocycles. The van der Waals surface area contributed by atoms with Crippen molar-refractivity contribution in [2.45, 2.75) is 73.1 Å². The van der Waals surface area contributed by atoms with E-state index in [0.29, 0.717) is 40.5 Å². The predicted octanol–water partition coefficient (Wildman–Crippen LogP) is 4.01. The molecule has 0 aliphatic carbocycles. The zero-order chi connectivity index (χ0) is 28.4. The Morgan fingerprint density at radius 2 is 1.51 bits per heavy atom. The second-order valence-corrected chi connectivity index (χ2v) is 11.3. The third-order valence-electron chi connectivity index (χ3n) is 5.65. The summed E-state index contributed by atoms with van der Waals surface area (Å²) in [5.41, 5.74) is 7.40. The number of thiol groups is 2. The fourth-order valence-electron chi connectivity index (χ4n) is 2.70. The van der Waals surface area contributed by atoms with Crippen LogP contribution in [0.3, 0.4) is 0 Å². The van der Waals surface area contributed by atoms with E-state index < -0.39 is 5.72 Å². The molecule has 5 N–H and O–H groups in total. The SMILES string of the molecule is CN/C(S)=N/N=C(/C(C)=N/N=C(\S)NC(C)(C)CCOC(C)(N)C(C)(C)C)c1ccc(NC(C)=O)cc1. The Balaban J connectivity index is 3.04. The van der Waals surface area contributed by atoms with Crippen LogP contribution in [0.4, 0.5) is 5.69 Å². The molecule has 0 saturated carbocycles. The number of carbonyl (C=O) groups is 1. The summed E-state index contributed by atoms with van der Waals surface area (Å²) in [6.45, 7) is 15.8. The highest BCUT2D eigenvalue weighted by Gasteiger charge is 2.35. The van der Waals surface area contributed by atoms with Gasteiger partial charge >= 0.3 is 0 Å². The molecule has 0 aliphatic heterocycles. The lowest BCUT2D eigenvalue weighted by atomic mass is 9.85. The molecule has 0 aromatic heterocycles. The highest BCUT2D eigenvalue weighted by Crippen LogP contribution is 2.29. The van der Waals surface area contributed by atoms with E-state index in [-0.39, 0.29) is 16.9 Å². The van der Waals surface area contributed by atoms with Crippen molar-refractivity contribution in [1.29, 1.82) is 0 Å². The summed E-state index contributed by atoms with van der Waals surface area (Å²) in [5, 5.41) is 26.4. The Kier molecular flexibility index (Phi) is 12.3. The van der Waals surface area contributed by atoms with Crippen molar-refractivity contribution in [2.75, 3.05) is 19.0 Å². The van der Waals surface area contributed by atoms with Gasteiger partial charge in [-0.15, -0.1) is 40.6 Å². The number of hydrogen-bond donors (Lipinski definition) is 6. The number of rotatable bonds is 10. The molecule has 0 aliphatic rings. The third-order valence-corrected chi connectivity index (χ3v) is 6.17. The number of ether oxygens (including phenoxy) is 1. The molecule has 1 atom stereocenters. The molecule has 1 aromatic rings. The van der Waals surface area contributed by atoms with Gasteiger partial charge in [-0.3, -0.25) is 4.79 Å². The maximum Gasteiger partial charge on any atom is 0.221 e. The summed E-state index contributed by atoms with van der Waals surface area (Å²) in [4.78, 5) is 11.3. The van der Waals surface area contributed by atoms with Gasteiger partial charge in [-0.2, -0.15) is 5.10 Å². The Morgan fingerprint density at radius 3 is 2.03 bits per heavy atom. The van der Waals surface area contributed by atoms with Crippen LogP contribution >= 0.6 is 25.3 Å². The van der Waals surface area contributed by atoms with Crippen molar-refractivity contribution in [2.24, 2.45) is 31.6 Å². The highest BCUT2D eigenvalue weighted by molar-refractivity contribution is 7.97. The summed E-state index contributed by atoms with van der Waals surface area (Å²) >= 11 is 8.67. The van der Waals surface area contributed by atoms with E-state index in [0.717, 1.165) is 5.56 Å².